The number of rotatable bonds is 3. The molecule has 0 aromatic heterocycles. The molecule has 1 heterocycles. The number of hydrogen-bond donors (Lipinski definition) is 2. The van der Waals surface area contributed by atoms with E-state index in [0.717, 1.165) is 12.8 Å². The maximum absolute atomic E-state index is 8.77. The van der Waals surface area contributed by atoms with Crippen molar-refractivity contribution in [3.05, 3.63) is 0 Å². The third-order valence-electron chi connectivity index (χ3n) is 1.71. The maximum atomic E-state index is 8.77. The van der Waals surface area contributed by atoms with Crippen LogP contribution in [0.3, 0.4) is 0 Å². The molecule has 1 saturated heterocycles. The average molecular weight is 175 g/mol. The second kappa shape index (κ2) is 3.70. The van der Waals surface area contributed by atoms with Crippen LogP contribution in [-0.4, -0.2) is 29.8 Å². The van der Waals surface area contributed by atoms with Crippen LogP contribution in [0.5, 0.6) is 0 Å². The summed E-state index contributed by atoms with van der Waals surface area (Å²) in [6.45, 7) is 3.62. The van der Waals surface area contributed by atoms with Crippen molar-refractivity contribution in [1.29, 1.82) is 0 Å². The van der Waals surface area contributed by atoms with E-state index in [9.17, 15) is 0 Å². The first-order valence-electron chi connectivity index (χ1n) is 4.24. The van der Waals surface area contributed by atoms with Gasteiger partial charge in [-0.25, -0.2) is 0 Å². The number of nitrogens with two attached hydrogens (primary N) is 1. The van der Waals surface area contributed by atoms with E-state index in [1.54, 1.807) is 13.8 Å². The lowest BCUT2D eigenvalue weighted by Gasteiger charge is -2.24. The normalized spacial score (nSPS) is 31.0. The van der Waals surface area contributed by atoms with Gasteiger partial charge in [0.15, 0.2) is 6.29 Å². The topological polar surface area (TPSA) is 64.7 Å². The highest BCUT2D eigenvalue weighted by Crippen LogP contribution is 2.22. The third kappa shape index (κ3) is 3.06. The smallest absolute Gasteiger partial charge is 0.160 e. The van der Waals surface area contributed by atoms with Gasteiger partial charge in [0, 0.05) is 6.42 Å². The number of ether oxygens (including phenoxy) is 2. The van der Waals surface area contributed by atoms with Crippen molar-refractivity contribution in [2.45, 2.75) is 44.8 Å². The van der Waals surface area contributed by atoms with Gasteiger partial charge < -0.3 is 20.3 Å². The number of aliphatic hydroxyl groups is 1. The van der Waals surface area contributed by atoms with Crippen molar-refractivity contribution >= 4 is 0 Å². The molecular weight excluding hydrogens is 158 g/mol. The highest BCUT2D eigenvalue weighted by molar-refractivity contribution is 4.69. The summed E-state index contributed by atoms with van der Waals surface area (Å²) in [6, 6.07) is 0. The van der Waals surface area contributed by atoms with Gasteiger partial charge in [-0.3, -0.25) is 0 Å². The van der Waals surface area contributed by atoms with Crippen LogP contribution in [-0.2, 0) is 9.47 Å². The molecule has 0 spiro atoms. The minimum Gasteiger partial charge on any atom is -0.394 e. The zero-order valence-electron chi connectivity index (χ0n) is 7.62. The summed E-state index contributed by atoms with van der Waals surface area (Å²) in [5.41, 5.74) is 4.98. The van der Waals surface area contributed by atoms with Gasteiger partial charge in [0.05, 0.1) is 12.7 Å². The maximum Gasteiger partial charge on any atom is 0.160 e. The monoisotopic (exact) mass is 175 g/mol. The standard InChI is InChI=1S/C8H17NO3/c1-8(2,9)12-7-4-3-6(5-10)11-7/h6-7,10H,3-5,9H2,1-2H3/t6-,7+/m0/s1. The zero-order valence-corrected chi connectivity index (χ0v) is 7.62. The summed E-state index contributed by atoms with van der Waals surface area (Å²) in [6.07, 6.45) is 1.34. The lowest BCUT2D eigenvalue weighted by molar-refractivity contribution is -0.194. The summed E-state index contributed by atoms with van der Waals surface area (Å²) in [7, 11) is 0. The lowest BCUT2D eigenvalue weighted by atomic mass is 10.2. The quantitative estimate of drug-likeness (QED) is 0.601. The van der Waals surface area contributed by atoms with Crippen molar-refractivity contribution in [3.8, 4) is 0 Å². The van der Waals surface area contributed by atoms with Crippen molar-refractivity contribution in [1.82, 2.24) is 0 Å². The Morgan fingerprint density at radius 3 is 2.67 bits per heavy atom. The van der Waals surface area contributed by atoms with Crippen LogP contribution < -0.4 is 5.73 Å². The van der Waals surface area contributed by atoms with Crippen LogP contribution in [0.2, 0.25) is 0 Å². The molecular formula is C8H17NO3. The van der Waals surface area contributed by atoms with E-state index in [1.807, 2.05) is 0 Å². The Hall–Kier alpha value is -0.160. The lowest BCUT2D eigenvalue weighted by Crippen LogP contribution is -2.39. The predicted octanol–water partition coefficient (Wildman–Crippen LogP) is 0.195. The summed E-state index contributed by atoms with van der Waals surface area (Å²) < 4.78 is 10.7. The molecule has 3 N–H and O–H groups in total. The first kappa shape index (κ1) is 9.92. The van der Waals surface area contributed by atoms with Gasteiger partial charge in [-0.1, -0.05) is 0 Å². The first-order valence-corrected chi connectivity index (χ1v) is 4.24. The molecule has 4 nitrogen and oxygen atoms in total. The molecule has 1 aliphatic heterocycles. The SMILES string of the molecule is CC(C)(N)O[C@@H]1CC[C@@H](CO)O1. The summed E-state index contributed by atoms with van der Waals surface area (Å²) in [5.74, 6) is 0. The Labute approximate surface area is 72.6 Å². The van der Waals surface area contributed by atoms with E-state index in [4.69, 9.17) is 20.3 Å². The third-order valence-corrected chi connectivity index (χ3v) is 1.71. The molecule has 12 heavy (non-hydrogen) atoms. The molecule has 0 bridgehead atoms. The van der Waals surface area contributed by atoms with Crippen molar-refractivity contribution in [3.63, 3.8) is 0 Å². The van der Waals surface area contributed by atoms with E-state index < -0.39 is 5.72 Å². The number of aliphatic hydroxyl groups excluding tert-OH is 1. The summed E-state index contributed by atoms with van der Waals surface area (Å²) >= 11 is 0. The molecule has 0 radical (unpaired) electrons. The van der Waals surface area contributed by atoms with E-state index in [-0.39, 0.29) is 19.0 Å². The largest absolute Gasteiger partial charge is 0.394 e. The molecule has 2 atom stereocenters. The van der Waals surface area contributed by atoms with E-state index >= 15 is 0 Å². The van der Waals surface area contributed by atoms with Crippen LogP contribution in [0.25, 0.3) is 0 Å². The average Bonchev–Trinajstić information content (AvgIpc) is 2.32. The van der Waals surface area contributed by atoms with E-state index in [2.05, 4.69) is 0 Å². The Kier molecular flexibility index (Phi) is 3.06. The Morgan fingerprint density at radius 2 is 2.25 bits per heavy atom. The van der Waals surface area contributed by atoms with Gasteiger partial charge >= 0.3 is 0 Å². The van der Waals surface area contributed by atoms with Crippen LogP contribution >= 0.6 is 0 Å². The van der Waals surface area contributed by atoms with Crippen LogP contribution in [0.15, 0.2) is 0 Å². The molecule has 72 valence electrons. The van der Waals surface area contributed by atoms with Gasteiger partial charge in [-0.15, -0.1) is 0 Å². The molecule has 0 aromatic carbocycles. The molecule has 0 amide bonds. The second-order valence-electron chi connectivity index (χ2n) is 3.67. The fourth-order valence-corrected chi connectivity index (χ4v) is 1.23. The minimum atomic E-state index is -0.658. The minimum absolute atomic E-state index is 0.0604. The first-order chi connectivity index (χ1) is 5.51. The van der Waals surface area contributed by atoms with Crippen LogP contribution in [0.4, 0.5) is 0 Å². The predicted molar refractivity (Wildman–Crippen MR) is 44.3 cm³/mol. The highest BCUT2D eigenvalue weighted by atomic mass is 16.7. The molecule has 0 aliphatic carbocycles. The van der Waals surface area contributed by atoms with Gasteiger partial charge in [0.2, 0.25) is 0 Å². The molecule has 0 aromatic rings. The van der Waals surface area contributed by atoms with Gasteiger partial charge in [0.25, 0.3) is 0 Å². The van der Waals surface area contributed by atoms with Crippen molar-refractivity contribution < 1.29 is 14.6 Å². The van der Waals surface area contributed by atoms with Gasteiger partial charge in [-0.2, -0.15) is 0 Å². The summed E-state index contributed by atoms with van der Waals surface area (Å²) in [4.78, 5) is 0. The fourth-order valence-electron chi connectivity index (χ4n) is 1.23. The Morgan fingerprint density at radius 1 is 1.58 bits per heavy atom. The van der Waals surface area contributed by atoms with E-state index in [0.29, 0.717) is 0 Å². The number of hydrogen-bond acceptors (Lipinski definition) is 4. The van der Waals surface area contributed by atoms with Crippen molar-refractivity contribution in [2.24, 2.45) is 5.73 Å². The van der Waals surface area contributed by atoms with Gasteiger partial charge in [-0.05, 0) is 20.3 Å². The fraction of sp³-hybridized carbons (Fsp3) is 1.00. The molecule has 1 rings (SSSR count). The van der Waals surface area contributed by atoms with Crippen molar-refractivity contribution in [2.75, 3.05) is 6.61 Å². The molecule has 0 saturated carbocycles. The Bertz CT molecular complexity index is 144. The van der Waals surface area contributed by atoms with Gasteiger partial charge in [0.1, 0.15) is 5.72 Å². The van der Waals surface area contributed by atoms with Crippen LogP contribution in [0.1, 0.15) is 26.7 Å². The molecule has 1 aliphatic rings. The molecule has 0 unspecified atom stereocenters. The Balaban J connectivity index is 2.28. The second-order valence-corrected chi connectivity index (χ2v) is 3.67. The summed E-state index contributed by atoms with van der Waals surface area (Å²) in [5, 5.41) is 8.77. The molecule has 1 fully saturated rings. The highest BCUT2D eigenvalue weighted by Gasteiger charge is 2.28. The molecule has 4 heteroatoms. The van der Waals surface area contributed by atoms with E-state index in [1.165, 1.54) is 0 Å². The van der Waals surface area contributed by atoms with Crippen LogP contribution in [0, 0.1) is 0 Å². The zero-order chi connectivity index (χ0) is 9.19.